The molecule has 1 saturated heterocycles. The molecule has 4 nitrogen and oxygen atoms in total. The van der Waals surface area contributed by atoms with Crippen LogP contribution in [0.3, 0.4) is 0 Å². The molecule has 0 spiro atoms. The van der Waals surface area contributed by atoms with Gasteiger partial charge in [0.05, 0.1) is 0 Å². The number of aliphatic carboxylic acids is 1. The summed E-state index contributed by atoms with van der Waals surface area (Å²) in [6.07, 6.45) is 3.16. The lowest BCUT2D eigenvalue weighted by Gasteiger charge is -2.26. The highest BCUT2D eigenvalue weighted by molar-refractivity contribution is 5.79. The summed E-state index contributed by atoms with van der Waals surface area (Å²) >= 11 is 0. The number of nitrogens with one attached hydrogen (secondary N) is 1. The fourth-order valence-electron chi connectivity index (χ4n) is 2.85. The van der Waals surface area contributed by atoms with E-state index in [0.29, 0.717) is 25.6 Å². The molecule has 0 radical (unpaired) electrons. The summed E-state index contributed by atoms with van der Waals surface area (Å²) in [6.45, 7) is 2.16. The van der Waals surface area contributed by atoms with Crippen LogP contribution in [0.4, 0.5) is 0 Å². The Bertz CT molecular complexity index is 458. The van der Waals surface area contributed by atoms with Crippen molar-refractivity contribution in [2.75, 3.05) is 13.1 Å². The number of carboxylic acids is 1. The molecule has 3 rings (SSSR count). The summed E-state index contributed by atoms with van der Waals surface area (Å²) in [5.41, 5.74) is 0.367. The van der Waals surface area contributed by atoms with Gasteiger partial charge in [0.1, 0.15) is 5.54 Å². The van der Waals surface area contributed by atoms with Crippen LogP contribution in [-0.4, -0.2) is 40.6 Å². The number of hydrogen-bond donors (Lipinski definition) is 2. The molecule has 2 fully saturated rings. The van der Waals surface area contributed by atoms with E-state index in [2.05, 4.69) is 10.2 Å². The quantitative estimate of drug-likeness (QED) is 0.842. The van der Waals surface area contributed by atoms with Crippen molar-refractivity contribution in [1.29, 1.82) is 0 Å². The molecule has 4 heteroatoms. The van der Waals surface area contributed by atoms with Gasteiger partial charge in [-0.1, -0.05) is 30.3 Å². The minimum absolute atomic E-state index is 0.617. The van der Waals surface area contributed by atoms with Gasteiger partial charge in [0.15, 0.2) is 0 Å². The van der Waals surface area contributed by atoms with Crippen molar-refractivity contribution in [2.45, 2.75) is 37.4 Å². The lowest BCUT2D eigenvalue weighted by molar-refractivity contribution is -0.144. The first-order valence-electron chi connectivity index (χ1n) is 6.96. The first kappa shape index (κ1) is 12.6. The van der Waals surface area contributed by atoms with Gasteiger partial charge in [-0.05, 0) is 24.8 Å². The van der Waals surface area contributed by atoms with Gasteiger partial charge in [0.2, 0.25) is 0 Å². The van der Waals surface area contributed by atoms with E-state index >= 15 is 0 Å². The fraction of sp³-hybridized carbons (Fsp3) is 0.533. The molecule has 2 aliphatic rings. The number of carbonyl (C=O) groups is 1. The van der Waals surface area contributed by atoms with Gasteiger partial charge < -0.3 is 5.11 Å². The lowest BCUT2D eigenvalue weighted by atomic mass is 9.98. The molecule has 2 N–H and O–H groups in total. The molecule has 1 aromatic carbocycles. The minimum Gasteiger partial charge on any atom is -0.480 e. The van der Waals surface area contributed by atoms with Crippen molar-refractivity contribution < 1.29 is 9.90 Å². The average Bonchev–Trinajstić information content (AvgIpc) is 3.18. The van der Waals surface area contributed by atoms with Crippen molar-refractivity contribution in [1.82, 2.24) is 10.2 Å². The molecule has 0 bridgehead atoms. The van der Waals surface area contributed by atoms with Gasteiger partial charge in [-0.2, -0.15) is 0 Å². The van der Waals surface area contributed by atoms with Crippen LogP contribution >= 0.6 is 0 Å². The van der Waals surface area contributed by atoms with Crippen LogP contribution in [0, 0.1) is 0 Å². The number of nitrogens with zero attached hydrogens (tertiary/aromatic N) is 1. The van der Waals surface area contributed by atoms with Crippen molar-refractivity contribution in [3.8, 4) is 0 Å². The highest BCUT2D eigenvalue weighted by atomic mass is 16.4. The first-order valence-corrected chi connectivity index (χ1v) is 6.96. The van der Waals surface area contributed by atoms with E-state index in [-0.39, 0.29) is 0 Å². The topological polar surface area (TPSA) is 52.6 Å². The summed E-state index contributed by atoms with van der Waals surface area (Å²) < 4.78 is 0. The Labute approximate surface area is 113 Å². The van der Waals surface area contributed by atoms with E-state index < -0.39 is 11.5 Å². The number of rotatable bonds is 5. The Hall–Kier alpha value is -1.39. The zero-order valence-electron chi connectivity index (χ0n) is 11.0. The van der Waals surface area contributed by atoms with Crippen molar-refractivity contribution in [2.24, 2.45) is 0 Å². The maximum absolute atomic E-state index is 11.6. The van der Waals surface area contributed by atoms with E-state index in [0.717, 1.165) is 12.1 Å². The number of hydrogen-bond acceptors (Lipinski definition) is 3. The Balaban J connectivity index is 1.66. The molecule has 102 valence electrons. The van der Waals surface area contributed by atoms with Crippen molar-refractivity contribution in [3.63, 3.8) is 0 Å². The van der Waals surface area contributed by atoms with Gasteiger partial charge >= 0.3 is 5.97 Å². The Morgan fingerprint density at radius 2 is 2.11 bits per heavy atom. The third-order valence-corrected chi connectivity index (χ3v) is 4.25. The van der Waals surface area contributed by atoms with Crippen LogP contribution in [0.25, 0.3) is 0 Å². The van der Waals surface area contributed by atoms with Gasteiger partial charge in [0, 0.05) is 25.7 Å². The second-order valence-electron chi connectivity index (χ2n) is 5.68. The van der Waals surface area contributed by atoms with E-state index in [1.807, 2.05) is 30.3 Å². The van der Waals surface area contributed by atoms with Crippen LogP contribution in [0.1, 0.15) is 24.8 Å². The van der Waals surface area contributed by atoms with E-state index in [4.69, 9.17) is 0 Å². The van der Waals surface area contributed by atoms with Crippen LogP contribution in [0.5, 0.6) is 0 Å². The summed E-state index contributed by atoms with van der Waals surface area (Å²) in [5, 5.41) is 12.9. The van der Waals surface area contributed by atoms with Crippen molar-refractivity contribution >= 4 is 5.97 Å². The molecule has 1 saturated carbocycles. The maximum Gasteiger partial charge on any atom is 0.325 e. The molecule has 1 unspecified atom stereocenters. The molecule has 0 amide bonds. The smallest absolute Gasteiger partial charge is 0.325 e. The van der Waals surface area contributed by atoms with Crippen LogP contribution in [0.15, 0.2) is 30.3 Å². The molecular weight excluding hydrogens is 240 g/mol. The summed E-state index contributed by atoms with van der Waals surface area (Å²) in [7, 11) is 0. The molecule has 1 heterocycles. The number of benzene rings is 1. The van der Waals surface area contributed by atoms with Crippen molar-refractivity contribution in [3.05, 3.63) is 35.9 Å². The third kappa shape index (κ3) is 2.65. The largest absolute Gasteiger partial charge is 0.480 e. The molecule has 1 aromatic rings. The fourth-order valence-corrected chi connectivity index (χ4v) is 2.85. The standard InChI is InChI=1S/C15H20N2O2/c18-14(19)15(8-9-17(11-15)13-6-7-13)16-10-12-4-2-1-3-5-12/h1-5,13,16H,6-11H2,(H,18,19). The third-order valence-electron chi connectivity index (χ3n) is 4.25. The van der Waals surface area contributed by atoms with Gasteiger partial charge in [-0.3, -0.25) is 15.0 Å². The molecule has 1 aliphatic heterocycles. The first-order chi connectivity index (χ1) is 9.20. The number of likely N-dealkylation sites (tertiary alicyclic amines) is 1. The minimum atomic E-state index is -0.765. The molecule has 19 heavy (non-hydrogen) atoms. The zero-order chi connectivity index (χ0) is 13.3. The predicted octanol–water partition coefficient (Wildman–Crippen LogP) is 1.47. The molecule has 0 aromatic heterocycles. The Kier molecular flexibility index (Phi) is 3.29. The normalized spacial score (nSPS) is 27.6. The molecule has 1 aliphatic carbocycles. The SMILES string of the molecule is O=C(O)C1(NCc2ccccc2)CCN(C2CC2)C1. The van der Waals surface area contributed by atoms with Crippen LogP contribution in [0.2, 0.25) is 0 Å². The Morgan fingerprint density at radius 3 is 2.74 bits per heavy atom. The second-order valence-corrected chi connectivity index (χ2v) is 5.68. The lowest BCUT2D eigenvalue weighted by Crippen LogP contribution is -2.53. The highest BCUT2D eigenvalue weighted by Gasteiger charge is 2.47. The predicted molar refractivity (Wildman–Crippen MR) is 72.9 cm³/mol. The summed E-state index contributed by atoms with van der Waals surface area (Å²) in [6, 6.07) is 10.6. The van der Waals surface area contributed by atoms with Gasteiger partial charge in [-0.25, -0.2) is 0 Å². The van der Waals surface area contributed by atoms with E-state index in [1.54, 1.807) is 0 Å². The zero-order valence-corrected chi connectivity index (χ0v) is 11.0. The van der Waals surface area contributed by atoms with E-state index in [1.165, 1.54) is 12.8 Å². The summed E-state index contributed by atoms with van der Waals surface area (Å²) in [5.74, 6) is -0.716. The van der Waals surface area contributed by atoms with E-state index in [9.17, 15) is 9.90 Å². The van der Waals surface area contributed by atoms with Crippen LogP contribution < -0.4 is 5.32 Å². The summed E-state index contributed by atoms with van der Waals surface area (Å²) in [4.78, 5) is 14.0. The molecule has 1 atom stereocenters. The van der Waals surface area contributed by atoms with Gasteiger partial charge in [-0.15, -0.1) is 0 Å². The van der Waals surface area contributed by atoms with Crippen LogP contribution in [-0.2, 0) is 11.3 Å². The highest BCUT2D eigenvalue weighted by Crippen LogP contribution is 2.33. The number of carboxylic acid groups (broad SMARTS) is 1. The second kappa shape index (κ2) is 4.94. The Morgan fingerprint density at radius 1 is 1.37 bits per heavy atom. The molecular formula is C15H20N2O2. The van der Waals surface area contributed by atoms with Gasteiger partial charge in [0.25, 0.3) is 0 Å². The average molecular weight is 260 g/mol. The monoisotopic (exact) mass is 260 g/mol. The maximum atomic E-state index is 11.6.